The van der Waals surface area contributed by atoms with E-state index in [1.165, 1.54) is 101 Å². The highest BCUT2D eigenvalue weighted by molar-refractivity contribution is 7.47. The van der Waals surface area contributed by atoms with Gasteiger partial charge in [-0.15, -0.1) is 0 Å². The second kappa shape index (κ2) is 28.1. The van der Waals surface area contributed by atoms with Crippen molar-refractivity contribution in [1.29, 1.82) is 0 Å². The Morgan fingerprint density at radius 2 is 1.02 bits per heavy atom. The van der Waals surface area contributed by atoms with Crippen LogP contribution in [-0.2, 0) is 51.7 Å². The van der Waals surface area contributed by atoms with Gasteiger partial charge in [-0.1, -0.05) is 131 Å². The average Bonchev–Trinajstić information content (AvgIpc) is 2.65. The molecule has 6 saturated carbocycles. The normalized spacial score (nSPS) is 36.2. The van der Waals surface area contributed by atoms with E-state index in [-0.39, 0.29) is 55.3 Å². The van der Waals surface area contributed by atoms with E-state index in [0.29, 0.717) is 52.0 Å². The maximum Gasteiger partial charge on any atom is 0.472 e. The molecule has 8 aliphatic rings. The molecule has 0 aliphatic heterocycles. The fraction of sp³-hybridized carbons (Fsp3) is 0.886. The van der Waals surface area contributed by atoms with Crippen LogP contribution in [0, 0.1) is 92.7 Å². The van der Waals surface area contributed by atoms with Gasteiger partial charge >= 0.3 is 31.7 Å². The van der Waals surface area contributed by atoms with Gasteiger partial charge in [0.15, 0.2) is 6.10 Å². The van der Waals surface area contributed by atoms with Crippen LogP contribution < -0.4 is 0 Å². The fourth-order valence-electron chi connectivity index (χ4n) is 19.7. The number of hydrogen-bond donors (Lipinski definition) is 1. The van der Waals surface area contributed by atoms with Crippen molar-refractivity contribution in [2.75, 3.05) is 47.5 Å². The summed E-state index contributed by atoms with van der Waals surface area (Å²) in [5.74, 6) is 6.54. The summed E-state index contributed by atoms with van der Waals surface area (Å²) in [6.07, 6.45) is 28.0. The van der Waals surface area contributed by atoms with Gasteiger partial charge in [0.1, 0.15) is 32.0 Å². The Hall–Kier alpha value is -2.57. The standard InChI is InChI=1S/C70H116NO12P/c1-46(2)16-14-18-48(5)57-24-26-59-55-22-20-50-42-52(32-36-67(50,7)61(55)34-38-69(57,59)9)81-64(73)29-28-63(72)78-44-54(45-80-84(76,77)79-41-40-71(11,12)13)83-66(75)31-30-65(74)82-53-33-37-68(8)51(43-53)21-23-56-60-27-25-58(49(6)19-15-17-47(3)4)70(60,10)39-35-62(56)68/h20-21,46-49,52-62H,14-19,22-45H2,1-13H3/p+1/t48-,49-,52?,53?,54+,55?,56?,57-,58-,59?,60?,61?,62?,67+,68+,69-,70-/m0/s1. The molecule has 0 bridgehead atoms. The summed E-state index contributed by atoms with van der Waals surface area (Å²) in [5.41, 5.74) is 3.93. The van der Waals surface area contributed by atoms with Crippen LogP contribution >= 0.6 is 7.82 Å². The number of esters is 4. The zero-order chi connectivity index (χ0) is 61.0. The lowest BCUT2D eigenvalue weighted by Gasteiger charge is -2.58. The van der Waals surface area contributed by atoms with Gasteiger partial charge in [-0.05, 0) is 183 Å². The van der Waals surface area contributed by atoms with Crippen LogP contribution in [0.5, 0.6) is 0 Å². The van der Waals surface area contributed by atoms with Crippen molar-refractivity contribution in [3.63, 3.8) is 0 Å². The van der Waals surface area contributed by atoms with Crippen LogP contribution in [0.15, 0.2) is 23.3 Å². The van der Waals surface area contributed by atoms with E-state index in [1.807, 2.05) is 21.1 Å². The molecule has 14 heteroatoms. The average molecular weight is 1200 g/mol. The number of ether oxygens (including phenoxy) is 4. The summed E-state index contributed by atoms with van der Waals surface area (Å²) in [4.78, 5) is 63.7. The van der Waals surface area contributed by atoms with Gasteiger partial charge in [-0.3, -0.25) is 28.2 Å². The second-order valence-corrected chi connectivity index (χ2v) is 33.1. The molecule has 0 amide bonds. The molecule has 0 aromatic heterocycles. The van der Waals surface area contributed by atoms with Gasteiger partial charge in [0.2, 0.25) is 0 Å². The van der Waals surface area contributed by atoms with E-state index in [1.54, 1.807) is 0 Å². The molecule has 8 rings (SSSR count). The summed E-state index contributed by atoms with van der Waals surface area (Å²) in [6, 6.07) is 0. The smallest absolute Gasteiger partial charge is 0.462 e. The van der Waals surface area contributed by atoms with Gasteiger partial charge in [-0.25, -0.2) is 4.57 Å². The molecule has 0 saturated heterocycles. The van der Waals surface area contributed by atoms with Crippen LogP contribution in [0.1, 0.15) is 236 Å². The van der Waals surface area contributed by atoms with E-state index in [9.17, 15) is 28.6 Å². The molecule has 9 unspecified atom stereocenters. The maximum atomic E-state index is 13.4. The molecular formula is C70H117NO12P+. The molecule has 6 fully saturated rings. The lowest BCUT2D eigenvalue weighted by Crippen LogP contribution is -2.51. The summed E-state index contributed by atoms with van der Waals surface area (Å²) in [6.45, 7) is 23.9. The van der Waals surface area contributed by atoms with Crippen molar-refractivity contribution in [3.8, 4) is 0 Å². The predicted octanol–water partition coefficient (Wildman–Crippen LogP) is 15.7. The van der Waals surface area contributed by atoms with Crippen LogP contribution in [0.2, 0.25) is 0 Å². The third-order valence-electron chi connectivity index (χ3n) is 24.4. The van der Waals surface area contributed by atoms with Crippen molar-refractivity contribution in [2.24, 2.45) is 92.7 Å². The molecule has 478 valence electrons. The molecular weight excluding hydrogens is 1080 g/mol. The number of phosphoric acid groups is 1. The first-order valence-electron chi connectivity index (χ1n) is 34.1. The Morgan fingerprint density at radius 1 is 0.571 bits per heavy atom. The number of fused-ring (bicyclic) bond motifs is 10. The van der Waals surface area contributed by atoms with Crippen LogP contribution in [0.25, 0.3) is 0 Å². The minimum Gasteiger partial charge on any atom is -0.462 e. The Bertz CT molecular complexity index is 2380. The van der Waals surface area contributed by atoms with Crippen molar-refractivity contribution in [1.82, 2.24) is 0 Å². The van der Waals surface area contributed by atoms with Crippen molar-refractivity contribution < 1.29 is 61.1 Å². The molecule has 0 aromatic carbocycles. The van der Waals surface area contributed by atoms with Crippen molar-refractivity contribution in [3.05, 3.63) is 23.3 Å². The molecule has 13 nitrogen and oxygen atoms in total. The molecule has 8 aliphatic carbocycles. The SMILES string of the molecule is CC(C)CCC[C@H](C)[C@@H]1CCC2C3CC=C4CC(OC(=O)CCC(=O)OC[C@H](COP(=O)(O)OCC[N+](C)(C)C)OC(=O)CCC(=O)OC5CC[C@]6(C)C(=CCC7C6CC[C@]6(C)C7CC[C@H]6[C@@H](C)CCCC(C)C)C5)CC[C@@]4(C)C3CC[C@]21C. The Morgan fingerprint density at radius 3 is 1.48 bits per heavy atom. The van der Waals surface area contributed by atoms with E-state index in [4.69, 9.17) is 28.0 Å². The lowest BCUT2D eigenvalue weighted by molar-refractivity contribution is -0.870. The zero-order valence-electron chi connectivity index (χ0n) is 54.9. The topological polar surface area (TPSA) is 161 Å². The highest BCUT2D eigenvalue weighted by Crippen LogP contribution is 2.69. The fourth-order valence-corrected chi connectivity index (χ4v) is 20.4. The first-order valence-corrected chi connectivity index (χ1v) is 35.6. The van der Waals surface area contributed by atoms with E-state index in [0.717, 1.165) is 92.3 Å². The summed E-state index contributed by atoms with van der Waals surface area (Å²) in [5, 5.41) is 0. The molecule has 0 heterocycles. The first-order chi connectivity index (χ1) is 39.5. The Balaban J connectivity index is 0.781. The van der Waals surface area contributed by atoms with Gasteiger partial charge in [-0.2, -0.15) is 0 Å². The van der Waals surface area contributed by atoms with Gasteiger partial charge in [0.25, 0.3) is 0 Å². The molecule has 0 spiro atoms. The largest absolute Gasteiger partial charge is 0.472 e. The molecule has 18 atom stereocenters. The number of likely N-dealkylation sites (N-methyl/N-ethyl adjacent to an activating group) is 1. The maximum absolute atomic E-state index is 13.4. The van der Waals surface area contributed by atoms with E-state index < -0.39 is 51.0 Å². The minimum absolute atomic E-state index is 0.0659. The lowest BCUT2D eigenvalue weighted by atomic mass is 9.47. The van der Waals surface area contributed by atoms with Crippen molar-refractivity contribution in [2.45, 2.75) is 254 Å². The third-order valence-corrected chi connectivity index (χ3v) is 25.3. The van der Waals surface area contributed by atoms with E-state index >= 15 is 0 Å². The molecule has 1 N–H and O–H groups in total. The van der Waals surface area contributed by atoms with Gasteiger partial charge in [0.05, 0.1) is 53.4 Å². The second-order valence-electron chi connectivity index (χ2n) is 31.7. The zero-order valence-corrected chi connectivity index (χ0v) is 55.8. The minimum atomic E-state index is -4.59. The molecule has 84 heavy (non-hydrogen) atoms. The third kappa shape index (κ3) is 16.1. The number of hydrogen-bond acceptors (Lipinski definition) is 11. The van der Waals surface area contributed by atoms with Crippen molar-refractivity contribution >= 4 is 31.7 Å². The predicted molar refractivity (Wildman–Crippen MR) is 330 cm³/mol. The number of allylic oxidation sites excluding steroid dienone is 2. The van der Waals surface area contributed by atoms with Crippen LogP contribution in [0.4, 0.5) is 0 Å². The summed E-state index contributed by atoms with van der Waals surface area (Å²) < 4.78 is 47.1. The van der Waals surface area contributed by atoms with Crippen LogP contribution in [0.3, 0.4) is 0 Å². The Kier molecular flexibility index (Phi) is 22.5. The quantitative estimate of drug-likeness (QED) is 0.0260. The summed E-state index contributed by atoms with van der Waals surface area (Å²) >= 11 is 0. The van der Waals surface area contributed by atoms with Gasteiger partial charge < -0.3 is 28.3 Å². The number of rotatable bonds is 28. The first kappa shape index (κ1) is 67.4. The molecule has 0 radical (unpaired) electrons. The summed E-state index contributed by atoms with van der Waals surface area (Å²) in [7, 11) is 1.16. The number of nitrogens with zero attached hydrogens (tertiary/aromatic N) is 1. The highest BCUT2D eigenvalue weighted by atomic mass is 31.2. The van der Waals surface area contributed by atoms with E-state index in [2.05, 4.69) is 81.4 Å². The monoisotopic (exact) mass is 1190 g/mol. The highest BCUT2D eigenvalue weighted by Gasteiger charge is 2.61. The number of carbonyl (C=O) groups is 4. The van der Waals surface area contributed by atoms with Crippen LogP contribution in [-0.4, -0.2) is 99.1 Å². The van der Waals surface area contributed by atoms with Gasteiger partial charge in [0, 0.05) is 12.8 Å². The number of carbonyl (C=O) groups excluding carboxylic acids is 4. The Labute approximate surface area is 508 Å². The molecule has 0 aromatic rings. The number of quaternary nitrogens is 1. The number of phosphoric ester groups is 1.